The summed E-state index contributed by atoms with van der Waals surface area (Å²) < 4.78 is 6.94. The number of primary amides is 1. The van der Waals surface area contributed by atoms with Crippen LogP contribution in [0.15, 0.2) is 42.7 Å². The number of nitrogens with zero attached hydrogens (tertiary/aromatic N) is 5. The summed E-state index contributed by atoms with van der Waals surface area (Å²) in [5.74, 6) is -3.49. The summed E-state index contributed by atoms with van der Waals surface area (Å²) in [6.07, 6.45) is 8.43. The summed E-state index contributed by atoms with van der Waals surface area (Å²) in [5, 5.41) is 25.6. The molecule has 2 aliphatic heterocycles. The summed E-state index contributed by atoms with van der Waals surface area (Å²) in [6, 6.07) is 6.48. The molecule has 1 aliphatic carbocycles. The van der Waals surface area contributed by atoms with Crippen molar-refractivity contribution in [3.63, 3.8) is 0 Å². The van der Waals surface area contributed by atoms with Crippen molar-refractivity contribution in [1.82, 2.24) is 35.5 Å². The molecular formula is C36H46N8O7. The predicted octanol–water partition coefficient (Wildman–Crippen LogP) is 1.68. The van der Waals surface area contributed by atoms with Gasteiger partial charge in [0.15, 0.2) is 0 Å². The number of para-hydroxylation sites is 1. The minimum atomic E-state index is -1.59. The van der Waals surface area contributed by atoms with Gasteiger partial charge in [-0.05, 0) is 38.3 Å². The van der Waals surface area contributed by atoms with Gasteiger partial charge < -0.3 is 31.1 Å². The minimum Gasteiger partial charge on any atom is -0.384 e. The van der Waals surface area contributed by atoms with Crippen molar-refractivity contribution in [2.75, 3.05) is 19.8 Å². The molecule has 3 aliphatic rings. The molecule has 3 fully saturated rings. The van der Waals surface area contributed by atoms with E-state index in [0.29, 0.717) is 17.7 Å². The number of carbonyl (C=O) groups excluding carboxylic acids is 5. The number of amides is 4. The molecule has 4 heterocycles. The molecule has 15 heteroatoms. The molecule has 0 spiro atoms. The van der Waals surface area contributed by atoms with Gasteiger partial charge in [-0.2, -0.15) is 0 Å². The predicted molar refractivity (Wildman–Crippen MR) is 184 cm³/mol. The van der Waals surface area contributed by atoms with E-state index in [1.807, 2.05) is 24.3 Å². The number of nitrogens with two attached hydrogens (primary N) is 1. The Hall–Kier alpha value is -4.76. The first-order valence-corrected chi connectivity index (χ1v) is 17.7. The number of aliphatic hydroxyl groups is 1. The lowest BCUT2D eigenvalue weighted by Crippen LogP contribution is -2.64. The van der Waals surface area contributed by atoms with E-state index in [1.54, 1.807) is 19.9 Å². The molecule has 3 atom stereocenters. The van der Waals surface area contributed by atoms with Crippen LogP contribution in [0.3, 0.4) is 0 Å². The number of hydrogen-bond acceptors (Lipinski definition) is 10. The molecule has 1 saturated carbocycles. The van der Waals surface area contributed by atoms with Crippen LogP contribution in [0.5, 0.6) is 0 Å². The molecule has 6 rings (SSSR count). The van der Waals surface area contributed by atoms with Crippen LogP contribution in [0, 0.1) is 5.92 Å². The number of fused-ring (bicyclic) bond motifs is 1. The number of nitrogens with one attached hydrogen (secondary N) is 2. The lowest BCUT2D eigenvalue weighted by Gasteiger charge is -2.37. The van der Waals surface area contributed by atoms with E-state index < -0.39 is 58.7 Å². The topological polar surface area (TPSA) is 212 Å². The fraction of sp³-hybridized carbons (Fsp3) is 0.556. The molecular weight excluding hydrogens is 656 g/mol. The van der Waals surface area contributed by atoms with Crippen molar-refractivity contribution in [3.8, 4) is 0 Å². The van der Waals surface area contributed by atoms with Crippen LogP contribution in [0.1, 0.15) is 93.7 Å². The van der Waals surface area contributed by atoms with Crippen LogP contribution in [0.4, 0.5) is 0 Å². The molecule has 51 heavy (non-hydrogen) atoms. The van der Waals surface area contributed by atoms with Crippen molar-refractivity contribution >= 4 is 40.3 Å². The van der Waals surface area contributed by atoms with Crippen molar-refractivity contribution in [2.45, 2.75) is 101 Å². The average Bonchev–Trinajstić information content (AvgIpc) is 3.80. The number of rotatable bonds is 11. The first-order valence-electron chi connectivity index (χ1n) is 17.7. The molecule has 4 amide bonds. The monoisotopic (exact) mass is 702 g/mol. The number of benzene rings is 1. The highest BCUT2D eigenvalue weighted by molar-refractivity contribution is 6.39. The number of likely N-dealkylation sites (tertiary alicyclic amines) is 1. The van der Waals surface area contributed by atoms with Gasteiger partial charge in [0.2, 0.25) is 17.6 Å². The van der Waals surface area contributed by atoms with Crippen LogP contribution in [-0.2, 0) is 29.5 Å². The second-order valence-electron chi connectivity index (χ2n) is 14.6. The Morgan fingerprint density at radius 1 is 1.08 bits per heavy atom. The van der Waals surface area contributed by atoms with Crippen LogP contribution >= 0.6 is 0 Å². The molecule has 272 valence electrons. The van der Waals surface area contributed by atoms with E-state index in [0.717, 1.165) is 43.0 Å². The highest BCUT2D eigenvalue weighted by Crippen LogP contribution is 2.34. The Labute approximate surface area is 295 Å². The van der Waals surface area contributed by atoms with Crippen molar-refractivity contribution < 1.29 is 33.8 Å². The summed E-state index contributed by atoms with van der Waals surface area (Å²) in [6.45, 7) is 3.44. The highest BCUT2D eigenvalue weighted by atomic mass is 16.5. The minimum absolute atomic E-state index is 0.0117. The van der Waals surface area contributed by atoms with Crippen LogP contribution in [0.25, 0.3) is 10.9 Å². The van der Waals surface area contributed by atoms with E-state index in [9.17, 15) is 29.1 Å². The largest absolute Gasteiger partial charge is 0.384 e. The first kappa shape index (κ1) is 36.0. The van der Waals surface area contributed by atoms with Gasteiger partial charge in [-0.1, -0.05) is 55.5 Å². The van der Waals surface area contributed by atoms with Gasteiger partial charge >= 0.3 is 0 Å². The Morgan fingerprint density at radius 2 is 1.80 bits per heavy atom. The molecule has 0 radical (unpaired) electrons. The zero-order chi connectivity index (χ0) is 36.3. The maximum Gasteiger partial charge on any atom is 0.287 e. The highest BCUT2D eigenvalue weighted by Gasteiger charge is 2.49. The molecule has 5 N–H and O–H groups in total. The second-order valence-corrected chi connectivity index (χ2v) is 14.6. The Balaban J connectivity index is 1.33. The molecule has 3 aromatic rings. The van der Waals surface area contributed by atoms with Crippen LogP contribution in [-0.4, -0.2) is 96.8 Å². The number of carbonyl (C=O) groups is 5. The third kappa shape index (κ3) is 7.78. The number of hydrogen-bond donors (Lipinski definition) is 4. The molecule has 2 saturated heterocycles. The zero-order valence-corrected chi connectivity index (χ0v) is 29.0. The molecule has 0 bridgehead atoms. The molecule has 15 nitrogen and oxygen atoms in total. The number of ketones is 1. The normalized spacial score (nSPS) is 21.6. The van der Waals surface area contributed by atoms with Crippen LogP contribution in [0.2, 0.25) is 0 Å². The molecule has 1 aromatic carbocycles. The van der Waals surface area contributed by atoms with Crippen LogP contribution < -0.4 is 16.4 Å². The number of ether oxygens (including phenoxy) is 1. The maximum absolute atomic E-state index is 14.8. The first-order chi connectivity index (χ1) is 24.4. The van der Waals surface area contributed by atoms with Gasteiger partial charge in [0.25, 0.3) is 11.8 Å². The average molecular weight is 703 g/mol. The lowest BCUT2D eigenvalue weighted by atomic mass is 9.84. The van der Waals surface area contributed by atoms with Gasteiger partial charge in [-0.15, -0.1) is 5.10 Å². The smallest absolute Gasteiger partial charge is 0.287 e. The summed E-state index contributed by atoms with van der Waals surface area (Å²) >= 11 is 0. The van der Waals surface area contributed by atoms with E-state index in [4.69, 9.17) is 10.5 Å². The van der Waals surface area contributed by atoms with Gasteiger partial charge in [-0.25, -0.2) is 4.68 Å². The van der Waals surface area contributed by atoms with E-state index in [-0.39, 0.29) is 44.9 Å². The zero-order valence-electron chi connectivity index (χ0n) is 29.0. The van der Waals surface area contributed by atoms with Gasteiger partial charge in [0.1, 0.15) is 23.2 Å². The number of pyridine rings is 1. The van der Waals surface area contributed by atoms with Crippen molar-refractivity contribution in [1.29, 1.82) is 0 Å². The molecule has 0 unspecified atom stereocenters. The standard InChI is InChI=1S/C36H46N8O7/c1-35(2,50)29-20-39-42-44(29)25-18-28(33(48)41-36(30(45)31(37)46)12-14-51-15-13-36)43(21-25)34(49)27(16-22-8-4-3-5-9-22)40-32(47)24-17-23-10-6-7-11-26(23)38-19-24/h6-7,10-11,17,19-20,22,25,27-28,50H,3-5,8-9,12-16,18,21H2,1-2H3,(H2,37,46)(H,40,47)(H,41,48)/t25-,27+,28-/m0/s1. The van der Waals surface area contributed by atoms with Crippen molar-refractivity contribution in [3.05, 3.63) is 54.0 Å². The summed E-state index contributed by atoms with van der Waals surface area (Å²) in [4.78, 5) is 74.0. The van der Waals surface area contributed by atoms with E-state index >= 15 is 0 Å². The number of aromatic nitrogens is 4. The Morgan fingerprint density at radius 3 is 2.51 bits per heavy atom. The third-order valence-electron chi connectivity index (χ3n) is 10.5. The fourth-order valence-corrected chi connectivity index (χ4v) is 7.73. The van der Waals surface area contributed by atoms with E-state index in [1.165, 1.54) is 22.0 Å². The second kappa shape index (κ2) is 14.8. The van der Waals surface area contributed by atoms with Gasteiger partial charge in [0.05, 0.1) is 29.0 Å². The quantitative estimate of drug-likeness (QED) is 0.212. The van der Waals surface area contributed by atoms with Gasteiger partial charge in [-0.3, -0.25) is 29.0 Å². The Kier molecular flexibility index (Phi) is 10.5. The number of Topliss-reactive ketones (excluding diaryl/α,β-unsaturated/α-hetero) is 1. The maximum atomic E-state index is 14.8. The van der Waals surface area contributed by atoms with Gasteiger partial charge in [0, 0.05) is 50.6 Å². The molecule has 2 aromatic heterocycles. The summed E-state index contributed by atoms with van der Waals surface area (Å²) in [7, 11) is 0. The Bertz CT molecular complexity index is 1790. The van der Waals surface area contributed by atoms with E-state index in [2.05, 4.69) is 25.9 Å². The third-order valence-corrected chi connectivity index (χ3v) is 10.5. The fourth-order valence-electron chi connectivity index (χ4n) is 7.73. The SMILES string of the molecule is CC(C)(O)c1cnnn1[C@H]1C[C@@H](C(=O)NC2(C(=O)C(N)=O)CCOCC2)N(C(=O)[C@@H](CC2CCCCC2)NC(=O)c2cnc3ccccc3c2)C1. The lowest BCUT2D eigenvalue weighted by molar-refractivity contribution is -0.147. The summed E-state index contributed by atoms with van der Waals surface area (Å²) in [5.41, 5.74) is 3.93. The van der Waals surface area contributed by atoms with Crippen molar-refractivity contribution in [2.24, 2.45) is 11.7 Å².